The van der Waals surface area contributed by atoms with Gasteiger partial charge in [-0.2, -0.15) is 0 Å². The van der Waals surface area contributed by atoms with Crippen molar-refractivity contribution in [3.8, 4) is 11.3 Å². The average molecular weight is 513 g/mol. The minimum absolute atomic E-state index is 0.140. The molecule has 37 heavy (non-hydrogen) atoms. The molecule has 1 aromatic carbocycles. The van der Waals surface area contributed by atoms with Gasteiger partial charge in [0.2, 0.25) is 5.91 Å². The molecule has 0 fully saturated rings. The highest BCUT2D eigenvalue weighted by atomic mass is 16.5. The second-order valence-corrected chi connectivity index (χ2v) is 9.06. The number of rotatable bonds is 15. The number of aromatic nitrogens is 6. The van der Waals surface area contributed by atoms with Crippen LogP contribution in [0.15, 0.2) is 36.7 Å². The van der Waals surface area contributed by atoms with Crippen molar-refractivity contribution in [1.82, 2.24) is 40.6 Å². The Labute approximate surface area is 216 Å². The van der Waals surface area contributed by atoms with Crippen LogP contribution in [-0.4, -0.2) is 74.7 Å². The first-order chi connectivity index (χ1) is 17.8. The Kier molecular flexibility index (Phi) is 10.7. The van der Waals surface area contributed by atoms with Crippen LogP contribution in [0.25, 0.3) is 11.3 Å². The topological polar surface area (TPSA) is 138 Å². The van der Waals surface area contributed by atoms with E-state index in [0.29, 0.717) is 45.1 Å². The molecule has 0 unspecified atom stereocenters. The number of carbonyl (C=O) groups is 2. The second-order valence-electron chi connectivity index (χ2n) is 9.06. The minimum Gasteiger partial charge on any atom is -0.379 e. The Morgan fingerprint density at radius 2 is 1.49 bits per heavy atom. The Bertz CT molecular complexity index is 1120. The number of carbonyl (C=O) groups excluding carboxylic acids is 2. The first-order valence-corrected chi connectivity index (χ1v) is 12.5. The molecular formula is C25H36N8O4. The van der Waals surface area contributed by atoms with Crippen molar-refractivity contribution in [1.29, 1.82) is 0 Å². The van der Waals surface area contributed by atoms with Crippen LogP contribution < -0.4 is 10.6 Å². The van der Waals surface area contributed by atoms with Crippen LogP contribution in [0.2, 0.25) is 0 Å². The van der Waals surface area contributed by atoms with Gasteiger partial charge in [0.25, 0.3) is 5.91 Å². The number of amides is 2. The summed E-state index contributed by atoms with van der Waals surface area (Å²) in [6.07, 6.45) is 3.97. The highest BCUT2D eigenvalue weighted by Gasteiger charge is 2.09. The van der Waals surface area contributed by atoms with Crippen LogP contribution in [0.4, 0.5) is 0 Å². The summed E-state index contributed by atoms with van der Waals surface area (Å²) in [5.74, 6) is -0.346. The molecule has 0 aliphatic heterocycles. The molecule has 0 radical (unpaired) electrons. The van der Waals surface area contributed by atoms with E-state index in [0.717, 1.165) is 17.0 Å². The van der Waals surface area contributed by atoms with Gasteiger partial charge in [-0.3, -0.25) is 9.59 Å². The first-order valence-electron chi connectivity index (χ1n) is 12.5. The Morgan fingerprint density at radius 1 is 0.838 bits per heavy atom. The van der Waals surface area contributed by atoms with E-state index in [-0.39, 0.29) is 30.3 Å². The van der Waals surface area contributed by atoms with Crippen molar-refractivity contribution < 1.29 is 19.1 Å². The van der Waals surface area contributed by atoms with Gasteiger partial charge in [0.05, 0.1) is 38.8 Å². The molecule has 2 N–H and O–H groups in total. The second kappa shape index (κ2) is 14.2. The number of nitrogens with zero attached hydrogens (tertiary/aromatic N) is 6. The maximum atomic E-state index is 12.4. The summed E-state index contributed by atoms with van der Waals surface area (Å²) >= 11 is 0. The molecule has 3 rings (SSSR count). The molecule has 0 aliphatic rings. The summed E-state index contributed by atoms with van der Waals surface area (Å²) in [5, 5.41) is 21.9. The highest BCUT2D eigenvalue weighted by molar-refractivity contribution is 5.94. The Balaban J connectivity index is 1.22. The number of benzene rings is 1. The summed E-state index contributed by atoms with van der Waals surface area (Å²) in [5.41, 5.74) is 2.95. The van der Waals surface area contributed by atoms with Gasteiger partial charge < -0.3 is 20.1 Å². The lowest BCUT2D eigenvalue weighted by molar-refractivity contribution is -0.122. The van der Waals surface area contributed by atoms with Crippen LogP contribution in [0.3, 0.4) is 0 Å². The smallest absolute Gasteiger partial charge is 0.251 e. The molecule has 12 heteroatoms. The molecule has 2 aromatic heterocycles. The molecule has 3 aromatic rings. The van der Waals surface area contributed by atoms with Gasteiger partial charge >= 0.3 is 0 Å². The predicted octanol–water partition coefficient (Wildman–Crippen LogP) is 2.17. The molecular weight excluding hydrogens is 476 g/mol. The summed E-state index contributed by atoms with van der Waals surface area (Å²) < 4.78 is 14.5. The van der Waals surface area contributed by atoms with Crippen LogP contribution in [0.1, 0.15) is 62.3 Å². The fraction of sp³-hybridized carbons (Fsp3) is 0.520. The van der Waals surface area contributed by atoms with Crippen molar-refractivity contribution in [3.05, 3.63) is 47.9 Å². The number of hydrogen-bond acceptors (Lipinski definition) is 8. The zero-order valence-electron chi connectivity index (χ0n) is 21.9. The molecule has 0 atom stereocenters. The van der Waals surface area contributed by atoms with Crippen LogP contribution in [-0.2, 0) is 20.9 Å². The zero-order chi connectivity index (χ0) is 26.6. The van der Waals surface area contributed by atoms with E-state index in [1.54, 1.807) is 21.5 Å². The third-order valence-corrected chi connectivity index (χ3v) is 5.40. The molecule has 200 valence electrons. The molecule has 2 heterocycles. The standard InChI is InChI=1S/C25H36N8O4/c1-18(2)32-15-22(28-30-32)17-37-14-13-36-12-9-24(34)26-10-11-27-25(35)21-7-5-20(6-8-21)23-16-33(19(3)4)31-29-23/h5-8,15-16,18-19H,9-14,17H2,1-4H3,(H,26,34)(H,27,35). The lowest BCUT2D eigenvalue weighted by Gasteiger charge is -2.08. The third-order valence-electron chi connectivity index (χ3n) is 5.40. The van der Waals surface area contributed by atoms with Crippen LogP contribution in [0.5, 0.6) is 0 Å². The minimum atomic E-state index is -0.207. The number of ether oxygens (including phenoxy) is 2. The highest BCUT2D eigenvalue weighted by Crippen LogP contribution is 2.18. The monoisotopic (exact) mass is 512 g/mol. The number of hydrogen-bond donors (Lipinski definition) is 2. The van der Waals surface area contributed by atoms with E-state index in [2.05, 4.69) is 31.3 Å². The molecule has 0 saturated carbocycles. The zero-order valence-corrected chi connectivity index (χ0v) is 21.9. The molecule has 2 amide bonds. The SMILES string of the molecule is CC(C)n1cc(COCCOCCC(=O)NCCNC(=O)c2ccc(-c3cn(C(C)C)nn3)cc2)nn1. The molecule has 0 saturated heterocycles. The molecule has 12 nitrogen and oxygen atoms in total. The summed E-state index contributed by atoms with van der Waals surface area (Å²) in [4.78, 5) is 24.3. The average Bonchev–Trinajstić information content (AvgIpc) is 3.57. The Morgan fingerprint density at radius 3 is 2.16 bits per heavy atom. The van der Waals surface area contributed by atoms with Gasteiger partial charge in [-0.25, -0.2) is 9.36 Å². The van der Waals surface area contributed by atoms with Crippen molar-refractivity contribution in [2.45, 2.75) is 52.8 Å². The van der Waals surface area contributed by atoms with Gasteiger partial charge in [-0.1, -0.05) is 22.6 Å². The van der Waals surface area contributed by atoms with Gasteiger partial charge in [0, 0.05) is 42.7 Å². The van der Waals surface area contributed by atoms with E-state index in [1.807, 2.05) is 52.2 Å². The van der Waals surface area contributed by atoms with E-state index >= 15 is 0 Å². The van der Waals surface area contributed by atoms with E-state index in [9.17, 15) is 9.59 Å². The lowest BCUT2D eigenvalue weighted by Crippen LogP contribution is -2.35. The Hall–Kier alpha value is -3.64. The van der Waals surface area contributed by atoms with E-state index in [4.69, 9.17) is 9.47 Å². The van der Waals surface area contributed by atoms with Crippen molar-refractivity contribution in [2.75, 3.05) is 32.9 Å². The van der Waals surface area contributed by atoms with E-state index in [1.165, 1.54) is 0 Å². The normalized spacial score (nSPS) is 11.3. The largest absolute Gasteiger partial charge is 0.379 e. The van der Waals surface area contributed by atoms with Crippen molar-refractivity contribution in [3.63, 3.8) is 0 Å². The predicted molar refractivity (Wildman–Crippen MR) is 137 cm³/mol. The fourth-order valence-corrected chi connectivity index (χ4v) is 3.22. The van der Waals surface area contributed by atoms with Gasteiger partial charge in [0.1, 0.15) is 11.4 Å². The fourth-order valence-electron chi connectivity index (χ4n) is 3.22. The summed E-state index contributed by atoms with van der Waals surface area (Å²) in [6, 6.07) is 7.66. The molecule has 0 spiro atoms. The molecule has 0 aliphatic carbocycles. The maximum absolute atomic E-state index is 12.4. The van der Waals surface area contributed by atoms with Crippen molar-refractivity contribution in [2.24, 2.45) is 0 Å². The van der Waals surface area contributed by atoms with Crippen molar-refractivity contribution >= 4 is 11.8 Å². The third kappa shape index (κ3) is 9.07. The van der Waals surface area contributed by atoms with Gasteiger partial charge in [-0.15, -0.1) is 10.2 Å². The first kappa shape index (κ1) is 27.9. The summed E-state index contributed by atoms with van der Waals surface area (Å²) in [7, 11) is 0. The van der Waals surface area contributed by atoms with Gasteiger partial charge in [0.15, 0.2) is 0 Å². The van der Waals surface area contributed by atoms with Crippen LogP contribution in [0, 0.1) is 0 Å². The lowest BCUT2D eigenvalue weighted by atomic mass is 10.1. The number of nitrogens with one attached hydrogen (secondary N) is 2. The van der Waals surface area contributed by atoms with E-state index < -0.39 is 0 Å². The molecule has 0 bridgehead atoms. The van der Waals surface area contributed by atoms with Gasteiger partial charge in [-0.05, 0) is 39.8 Å². The summed E-state index contributed by atoms with van der Waals surface area (Å²) in [6.45, 7) is 10.2. The maximum Gasteiger partial charge on any atom is 0.251 e. The van der Waals surface area contributed by atoms with Crippen LogP contribution >= 0.6 is 0 Å². The quantitative estimate of drug-likeness (QED) is 0.296.